The summed E-state index contributed by atoms with van der Waals surface area (Å²) >= 11 is 0. The molecular weight excluding hydrogens is 260 g/mol. The second kappa shape index (κ2) is 6.80. The van der Waals surface area contributed by atoms with Crippen molar-refractivity contribution < 1.29 is 4.74 Å². The zero-order valence-electron chi connectivity index (χ0n) is 13.4. The third-order valence-corrected chi connectivity index (χ3v) is 5.02. The van der Waals surface area contributed by atoms with E-state index in [1.54, 1.807) is 0 Å². The minimum absolute atomic E-state index is 0.482. The van der Waals surface area contributed by atoms with Crippen LogP contribution in [0, 0.1) is 5.92 Å². The highest BCUT2D eigenvalue weighted by Crippen LogP contribution is 2.29. The second-order valence-electron chi connectivity index (χ2n) is 6.58. The van der Waals surface area contributed by atoms with Crippen LogP contribution in [0.5, 0.6) is 5.75 Å². The summed E-state index contributed by atoms with van der Waals surface area (Å²) in [5.41, 5.74) is 2.81. The van der Waals surface area contributed by atoms with Crippen LogP contribution in [-0.4, -0.2) is 38.2 Å². The van der Waals surface area contributed by atoms with E-state index >= 15 is 0 Å². The van der Waals surface area contributed by atoms with Gasteiger partial charge in [-0.3, -0.25) is 0 Å². The van der Waals surface area contributed by atoms with Crippen LogP contribution in [0.25, 0.3) is 0 Å². The van der Waals surface area contributed by atoms with Crippen LogP contribution in [0.2, 0.25) is 0 Å². The fourth-order valence-corrected chi connectivity index (χ4v) is 3.50. The van der Waals surface area contributed by atoms with Crippen LogP contribution in [0.3, 0.4) is 0 Å². The van der Waals surface area contributed by atoms with Crippen molar-refractivity contribution in [3.8, 4) is 5.75 Å². The molecule has 0 aliphatic carbocycles. The molecule has 1 fully saturated rings. The van der Waals surface area contributed by atoms with E-state index in [0.717, 1.165) is 37.7 Å². The fraction of sp³-hybridized carbons (Fsp3) is 0.667. The van der Waals surface area contributed by atoms with Gasteiger partial charge in [-0.1, -0.05) is 19.1 Å². The van der Waals surface area contributed by atoms with Crippen molar-refractivity contribution in [1.82, 2.24) is 10.2 Å². The summed E-state index contributed by atoms with van der Waals surface area (Å²) in [6, 6.07) is 7.21. The summed E-state index contributed by atoms with van der Waals surface area (Å²) in [4.78, 5) is 2.44. The lowest BCUT2D eigenvalue weighted by atomic mass is 9.95. The number of piperidine rings is 1. The number of likely N-dealkylation sites (tertiary alicyclic amines) is 1. The first-order valence-corrected chi connectivity index (χ1v) is 8.44. The molecule has 0 aromatic heterocycles. The molecule has 1 aromatic rings. The molecule has 3 heteroatoms. The van der Waals surface area contributed by atoms with Crippen LogP contribution < -0.4 is 10.1 Å². The summed E-state index contributed by atoms with van der Waals surface area (Å²) < 4.78 is 5.61. The predicted octanol–water partition coefficient (Wildman–Crippen LogP) is 3.00. The maximum Gasteiger partial charge on any atom is 0.122 e. The highest BCUT2D eigenvalue weighted by molar-refractivity contribution is 5.40. The average Bonchev–Trinajstić information content (AvgIpc) is 2.97. The van der Waals surface area contributed by atoms with Gasteiger partial charge in [-0.05, 0) is 69.1 Å². The van der Waals surface area contributed by atoms with Gasteiger partial charge in [0, 0.05) is 12.5 Å². The highest BCUT2D eigenvalue weighted by Gasteiger charge is 2.19. The number of ether oxygens (including phenoxy) is 1. The van der Waals surface area contributed by atoms with Crippen LogP contribution in [0.15, 0.2) is 18.2 Å². The zero-order valence-corrected chi connectivity index (χ0v) is 13.4. The molecule has 116 valence electrons. The van der Waals surface area contributed by atoms with E-state index in [-0.39, 0.29) is 0 Å². The number of nitrogens with one attached hydrogen (secondary N) is 1. The Morgan fingerprint density at radius 1 is 1.33 bits per heavy atom. The first-order valence-electron chi connectivity index (χ1n) is 8.44. The first-order chi connectivity index (χ1) is 10.3. The summed E-state index contributed by atoms with van der Waals surface area (Å²) in [5, 5.41) is 3.80. The predicted molar refractivity (Wildman–Crippen MR) is 86.9 cm³/mol. The Morgan fingerprint density at radius 2 is 2.14 bits per heavy atom. The highest BCUT2D eigenvalue weighted by atomic mass is 16.5. The van der Waals surface area contributed by atoms with Gasteiger partial charge in [0.1, 0.15) is 5.75 Å². The molecule has 0 spiro atoms. The SMILES string of the molecule is CCC(NCC1CCN(C)CC1)c1ccc2c(c1)CCO2. The van der Waals surface area contributed by atoms with Gasteiger partial charge in [0.05, 0.1) is 6.61 Å². The van der Waals surface area contributed by atoms with E-state index in [0.29, 0.717) is 6.04 Å². The molecule has 1 unspecified atom stereocenters. The van der Waals surface area contributed by atoms with Crippen molar-refractivity contribution in [3.63, 3.8) is 0 Å². The normalized spacial score (nSPS) is 21.0. The maximum absolute atomic E-state index is 5.61. The average molecular weight is 288 g/mol. The van der Waals surface area contributed by atoms with Gasteiger partial charge >= 0.3 is 0 Å². The zero-order chi connectivity index (χ0) is 14.7. The molecule has 21 heavy (non-hydrogen) atoms. The Morgan fingerprint density at radius 3 is 2.90 bits per heavy atom. The fourth-order valence-electron chi connectivity index (χ4n) is 3.50. The van der Waals surface area contributed by atoms with Gasteiger partial charge in [0.15, 0.2) is 0 Å². The molecule has 0 amide bonds. The molecule has 1 saturated heterocycles. The lowest BCUT2D eigenvalue weighted by Crippen LogP contribution is -2.36. The molecule has 1 aromatic carbocycles. The Bertz CT molecular complexity index is 466. The summed E-state index contributed by atoms with van der Waals surface area (Å²) in [7, 11) is 2.23. The summed E-state index contributed by atoms with van der Waals surface area (Å²) in [6.07, 6.45) is 4.87. The van der Waals surface area contributed by atoms with Crippen molar-refractivity contribution in [3.05, 3.63) is 29.3 Å². The van der Waals surface area contributed by atoms with Gasteiger partial charge in [-0.2, -0.15) is 0 Å². The minimum Gasteiger partial charge on any atom is -0.493 e. The molecule has 2 aliphatic heterocycles. The Balaban J connectivity index is 1.57. The van der Waals surface area contributed by atoms with Gasteiger partial charge in [-0.15, -0.1) is 0 Å². The van der Waals surface area contributed by atoms with Gasteiger partial charge in [-0.25, -0.2) is 0 Å². The summed E-state index contributed by atoms with van der Waals surface area (Å²) in [6.45, 7) is 6.77. The number of fused-ring (bicyclic) bond motifs is 1. The number of hydrogen-bond donors (Lipinski definition) is 1. The molecule has 1 N–H and O–H groups in total. The second-order valence-corrected chi connectivity index (χ2v) is 6.58. The van der Waals surface area contributed by atoms with Crippen molar-refractivity contribution >= 4 is 0 Å². The number of rotatable bonds is 5. The molecule has 2 heterocycles. The largest absolute Gasteiger partial charge is 0.493 e. The smallest absolute Gasteiger partial charge is 0.122 e. The monoisotopic (exact) mass is 288 g/mol. The third kappa shape index (κ3) is 3.58. The lowest BCUT2D eigenvalue weighted by molar-refractivity contribution is 0.212. The first kappa shape index (κ1) is 14.9. The van der Waals surface area contributed by atoms with Crippen molar-refractivity contribution in [2.24, 2.45) is 5.92 Å². The molecule has 1 atom stereocenters. The van der Waals surface area contributed by atoms with Crippen LogP contribution in [-0.2, 0) is 6.42 Å². The molecule has 3 nitrogen and oxygen atoms in total. The Kier molecular flexibility index (Phi) is 4.81. The molecule has 3 rings (SSSR count). The van der Waals surface area contributed by atoms with Gasteiger partial charge in [0.25, 0.3) is 0 Å². The van der Waals surface area contributed by atoms with Crippen LogP contribution in [0.4, 0.5) is 0 Å². The summed E-state index contributed by atoms with van der Waals surface area (Å²) in [5.74, 6) is 1.93. The van der Waals surface area contributed by atoms with Gasteiger partial charge in [0.2, 0.25) is 0 Å². The number of benzene rings is 1. The number of nitrogens with zero attached hydrogens (tertiary/aromatic N) is 1. The molecule has 0 saturated carbocycles. The van der Waals surface area contributed by atoms with Crippen molar-refractivity contribution in [1.29, 1.82) is 0 Å². The van der Waals surface area contributed by atoms with E-state index < -0.39 is 0 Å². The molecule has 0 bridgehead atoms. The Hall–Kier alpha value is -1.06. The minimum atomic E-state index is 0.482. The van der Waals surface area contributed by atoms with E-state index in [9.17, 15) is 0 Å². The van der Waals surface area contributed by atoms with E-state index in [1.807, 2.05) is 0 Å². The molecular formula is C18H28N2O. The van der Waals surface area contributed by atoms with E-state index in [1.165, 1.54) is 37.1 Å². The Labute approximate surface area is 128 Å². The maximum atomic E-state index is 5.61. The topological polar surface area (TPSA) is 24.5 Å². The lowest BCUT2D eigenvalue weighted by Gasteiger charge is -2.30. The van der Waals surface area contributed by atoms with Gasteiger partial charge < -0.3 is 15.0 Å². The number of hydrogen-bond acceptors (Lipinski definition) is 3. The quantitative estimate of drug-likeness (QED) is 0.901. The van der Waals surface area contributed by atoms with E-state index in [4.69, 9.17) is 4.74 Å². The van der Waals surface area contributed by atoms with E-state index in [2.05, 4.69) is 42.4 Å². The molecule has 0 radical (unpaired) electrons. The third-order valence-electron chi connectivity index (χ3n) is 5.02. The standard InChI is InChI=1S/C18H28N2O/c1-3-17(19-13-14-6-9-20(2)10-7-14)15-4-5-18-16(12-15)8-11-21-18/h4-5,12,14,17,19H,3,6-11,13H2,1-2H3. The van der Waals surface area contributed by atoms with Crippen LogP contribution >= 0.6 is 0 Å². The molecule has 2 aliphatic rings. The van der Waals surface area contributed by atoms with Crippen molar-refractivity contribution in [2.75, 3.05) is 33.3 Å². The van der Waals surface area contributed by atoms with Crippen molar-refractivity contribution in [2.45, 2.75) is 38.6 Å². The van der Waals surface area contributed by atoms with Crippen LogP contribution in [0.1, 0.15) is 43.4 Å².